The van der Waals surface area contributed by atoms with Gasteiger partial charge in [-0.3, -0.25) is 4.79 Å². The third-order valence-corrected chi connectivity index (χ3v) is 7.55. The highest BCUT2D eigenvalue weighted by atomic mass is 16.1. The van der Waals surface area contributed by atoms with Crippen LogP contribution in [0.15, 0.2) is 0 Å². The Morgan fingerprint density at radius 3 is 1.90 bits per heavy atom. The van der Waals surface area contributed by atoms with Gasteiger partial charge in [-0.25, -0.2) is 0 Å². The molecule has 0 unspecified atom stereocenters. The van der Waals surface area contributed by atoms with Gasteiger partial charge in [0.1, 0.15) is 5.78 Å². The summed E-state index contributed by atoms with van der Waals surface area (Å²) in [6, 6.07) is 0. The largest absolute Gasteiger partial charge is 0.299 e. The number of rotatable bonds is 5. The van der Waals surface area contributed by atoms with E-state index in [1.165, 1.54) is 38.5 Å². The maximum atomic E-state index is 12.9. The van der Waals surface area contributed by atoms with Crippen LogP contribution in [0.5, 0.6) is 0 Å². The van der Waals surface area contributed by atoms with E-state index in [9.17, 15) is 4.79 Å². The van der Waals surface area contributed by atoms with E-state index in [2.05, 4.69) is 27.7 Å². The number of hydrogen-bond acceptors (Lipinski definition) is 1. The van der Waals surface area contributed by atoms with Crippen LogP contribution in [0.25, 0.3) is 0 Å². The summed E-state index contributed by atoms with van der Waals surface area (Å²) in [4.78, 5) is 12.9. The molecule has 0 atom stereocenters. The summed E-state index contributed by atoms with van der Waals surface area (Å²) in [6.07, 6.45) is 10.3. The smallest absolute Gasteiger partial charge is 0.139 e. The lowest BCUT2D eigenvalue weighted by molar-refractivity contribution is -0.146. The van der Waals surface area contributed by atoms with Gasteiger partial charge < -0.3 is 0 Å². The molecule has 4 aliphatic rings. The molecule has 114 valence electrons. The fraction of sp³-hybridized carbons (Fsp3) is 0.947. The van der Waals surface area contributed by atoms with E-state index in [0.717, 1.165) is 36.5 Å². The second-order valence-electron chi connectivity index (χ2n) is 8.73. The van der Waals surface area contributed by atoms with E-state index in [1.54, 1.807) is 0 Å². The van der Waals surface area contributed by atoms with Gasteiger partial charge in [-0.1, -0.05) is 27.7 Å². The van der Waals surface area contributed by atoms with Gasteiger partial charge in [-0.05, 0) is 74.0 Å². The van der Waals surface area contributed by atoms with Crippen LogP contribution in [0.2, 0.25) is 0 Å². The third-order valence-electron chi connectivity index (χ3n) is 7.55. The van der Waals surface area contributed by atoms with E-state index in [4.69, 9.17) is 0 Å². The summed E-state index contributed by atoms with van der Waals surface area (Å²) >= 11 is 0. The molecule has 4 aliphatic carbocycles. The molecule has 0 aromatic heterocycles. The van der Waals surface area contributed by atoms with Crippen LogP contribution >= 0.6 is 0 Å². The van der Waals surface area contributed by atoms with Gasteiger partial charge in [0.25, 0.3) is 0 Å². The predicted molar refractivity (Wildman–Crippen MR) is 83.5 cm³/mol. The summed E-state index contributed by atoms with van der Waals surface area (Å²) < 4.78 is 0. The van der Waals surface area contributed by atoms with E-state index in [-0.39, 0.29) is 5.41 Å². The summed E-state index contributed by atoms with van der Waals surface area (Å²) in [7, 11) is 0. The Hall–Kier alpha value is -0.330. The SMILES string of the molecule is CCC(C)(C)C(=O)CC1(CC)C2CC3CC(C2)CC1C3. The maximum absolute atomic E-state index is 12.9. The Balaban J connectivity index is 1.83. The number of carbonyl (C=O) groups is 1. The zero-order chi connectivity index (χ0) is 14.5. The lowest BCUT2D eigenvalue weighted by atomic mass is 9.43. The first-order valence-corrected chi connectivity index (χ1v) is 8.94. The summed E-state index contributed by atoms with van der Waals surface area (Å²) in [5.41, 5.74) is 0.258. The zero-order valence-corrected chi connectivity index (χ0v) is 13.9. The van der Waals surface area contributed by atoms with Crippen molar-refractivity contribution in [3.8, 4) is 0 Å². The van der Waals surface area contributed by atoms with E-state index < -0.39 is 0 Å². The van der Waals surface area contributed by atoms with E-state index in [0.29, 0.717) is 11.2 Å². The number of Topliss-reactive ketones (excluding diaryl/α,β-unsaturated/α-hetero) is 1. The highest BCUT2D eigenvalue weighted by Crippen LogP contribution is 2.65. The van der Waals surface area contributed by atoms with Crippen molar-refractivity contribution >= 4 is 5.78 Å². The first-order valence-electron chi connectivity index (χ1n) is 8.94. The van der Waals surface area contributed by atoms with Crippen molar-refractivity contribution in [2.75, 3.05) is 0 Å². The zero-order valence-electron chi connectivity index (χ0n) is 13.9. The molecular formula is C19H32O. The molecule has 0 radical (unpaired) electrons. The Morgan fingerprint density at radius 1 is 1.00 bits per heavy atom. The van der Waals surface area contributed by atoms with Gasteiger partial charge in [-0.2, -0.15) is 0 Å². The van der Waals surface area contributed by atoms with Crippen molar-refractivity contribution in [3.63, 3.8) is 0 Å². The van der Waals surface area contributed by atoms with Gasteiger partial charge in [0.15, 0.2) is 0 Å². The fourth-order valence-corrected chi connectivity index (χ4v) is 5.85. The van der Waals surface area contributed by atoms with Crippen LogP contribution in [0.1, 0.15) is 79.1 Å². The minimum absolute atomic E-state index is 0.114. The average molecular weight is 276 g/mol. The molecule has 20 heavy (non-hydrogen) atoms. The molecule has 0 amide bonds. The summed E-state index contributed by atoms with van der Waals surface area (Å²) in [6.45, 7) is 8.81. The molecule has 0 spiro atoms. The molecule has 0 aromatic rings. The number of hydrogen-bond donors (Lipinski definition) is 0. The molecule has 4 rings (SSSR count). The fourth-order valence-electron chi connectivity index (χ4n) is 5.85. The molecule has 0 saturated heterocycles. The molecule has 4 saturated carbocycles. The Morgan fingerprint density at radius 2 is 1.50 bits per heavy atom. The molecule has 0 aromatic carbocycles. The van der Waals surface area contributed by atoms with Crippen LogP contribution in [-0.2, 0) is 4.79 Å². The minimum Gasteiger partial charge on any atom is -0.299 e. The van der Waals surface area contributed by atoms with Crippen LogP contribution in [0, 0.1) is 34.5 Å². The molecule has 4 bridgehead atoms. The van der Waals surface area contributed by atoms with Crippen molar-refractivity contribution in [1.82, 2.24) is 0 Å². The molecule has 1 nitrogen and oxygen atoms in total. The van der Waals surface area contributed by atoms with Gasteiger partial charge in [-0.15, -0.1) is 0 Å². The number of carbonyl (C=O) groups excluding carboxylic acids is 1. The van der Waals surface area contributed by atoms with Crippen molar-refractivity contribution in [2.24, 2.45) is 34.5 Å². The molecular weight excluding hydrogens is 244 g/mol. The minimum atomic E-state index is -0.114. The van der Waals surface area contributed by atoms with E-state index in [1.807, 2.05) is 0 Å². The summed E-state index contributed by atoms with van der Waals surface area (Å²) in [5.74, 6) is 4.27. The maximum Gasteiger partial charge on any atom is 0.139 e. The first-order chi connectivity index (χ1) is 9.41. The first kappa shape index (κ1) is 14.6. The Bertz CT molecular complexity index is 365. The van der Waals surface area contributed by atoms with Crippen molar-refractivity contribution in [3.05, 3.63) is 0 Å². The lowest BCUT2D eigenvalue weighted by Crippen LogP contribution is -2.54. The van der Waals surface area contributed by atoms with Crippen LogP contribution in [-0.4, -0.2) is 5.78 Å². The van der Waals surface area contributed by atoms with Gasteiger partial charge in [0.05, 0.1) is 0 Å². The molecule has 0 aliphatic heterocycles. The molecule has 4 fully saturated rings. The lowest BCUT2D eigenvalue weighted by Gasteiger charge is -2.61. The standard InChI is InChI=1S/C19H32O/c1-5-18(3,4)17(20)12-19(6-2)15-8-13-7-14(10-15)11-16(19)9-13/h13-16H,5-12H2,1-4H3. The number of ketones is 1. The second kappa shape index (κ2) is 4.85. The molecule has 1 heteroatoms. The topological polar surface area (TPSA) is 17.1 Å². The third kappa shape index (κ3) is 2.07. The Labute approximate surface area is 124 Å². The van der Waals surface area contributed by atoms with Gasteiger partial charge in [0.2, 0.25) is 0 Å². The predicted octanol–water partition coefficient (Wildman–Crippen LogP) is 5.23. The van der Waals surface area contributed by atoms with Gasteiger partial charge >= 0.3 is 0 Å². The van der Waals surface area contributed by atoms with Crippen LogP contribution < -0.4 is 0 Å². The molecule has 0 heterocycles. The van der Waals surface area contributed by atoms with E-state index >= 15 is 0 Å². The van der Waals surface area contributed by atoms with Crippen molar-refractivity contribution in [2.45, 2.75) is 79.1 Å². The second-order valence-corrected chi connectivity index (χ2v) is 8.73. The average Bonchev–Trinajstić information content (AvgIpc) is 2.42. The van der Waals surface area contributed by atoms with Crippen molar-refractivity contribution < 1.29 is 4.79 Å². The van der Waals surface area contributed by atoms with Crippen LogP contribution in [0.4, 0.5) is 0 Å². The van der Waals surface area contributed by atoms with Crippen molar-refractivity contribution in [1.29, 1.82) is 0 Å². The summed E-state index contributed by atoms with van der Waals surface area (Å²) in [5, 5.41) is 0. The molecule has 0 N–H and O–H groups in total. The Kier molecular flexibility index (Phi) is 3.54. The quantitative estimate of drug-likeness (QED) is 0.671. The highest BCUT2D eigenvalue weighted by molar-refractivity contribution is 5.84. The van der Waals surface area contributed by atoms with Gasteiger partial charge in [0, 0.05) is 11.8 Å². The van der Waals surface area contributed by atoms with Crippen LogP contribution in [0.3, 0.4) is 0 Å². The monoisotopic (exact) mass is 276 g/mol. The highest BCUT2D eigenvalue weighted by Gasteiger charge is 2.57. The normalized spacial score (nSPS) is 43.0.